The van der Waals surface area contributed by atoms with Gasteiger partial charge in [0.25, 0.3) is 0 Å². The highest BCUT2D eigenvalue weighted by Crippen LogP contribution is 2.44. The van der Waals surface area contributed by atoms with Crippen molar-refractivity contribution in [3.8, 4) is 21.7 Å². The van der Waals surface area contributed by atoms with Gasteiger partial charge in [0.1, 0.15) is 5.01 Å². The van der Waals surface area contributed by atoms with E-state index in [1.807, 2.05) is 70.2 Å². The minimum absolute atomic E-state index is 0.265. The number of benzene rings is 3. The molecule has 0 bridgehead atoms. The molecule has 6 nitrogen and oxygen atoms in total. The van der Waals surface area contributed by atoms with Crippen molar-refractivity contribution in [2.45, 2.75) is 46.3 Å². The summed E-state index contributed by atoms with van der Waals surface area (Å²) in [5.41, 5.74) is 5.78. The lowest BCUT2D eigenvalue weighted by Crippen LogP contribution is -2.29. The number of nitrogens with zero attached hydrogens (tertiary/aromatic N) is 2. The maximum atomic E-state index is 13.3. The maximum Gasteiger partial charge on any atom is 0.339 e. The van der Waals surface area contributed by atoms with Crippen molar-refractivity contribution in [3.05, 3.63) is 70.9 Å². The molecule has 2 aromatic heterocycles. The van der Waals surface area contributed by atoms with E-state index < -0.39 is 17.7 Å². The summed E-state index contributed by atoms with van der Waals surface area (Å²) in [4.78, 5) is 18.3. The minimum atomic E-state index is -0.900. The molecule has 5 rings (SSSR count). The largest absolute Gasteiger partial charge is 0.464 e. The molecule has 0 aliphatic rings. The molecule has 0 unspecified atom stereocenters. The van der Waals surface area contributed by atoms with Crippen molar-refractivity contribution in [1.29, 1.82) is 0 Å². The molecule has 0 aliphatic carbocycles. The van der Waals surface area contributed by atoms with Gasteiger partial charge in [-0.2, -0.15) is 5.10 Å². The van der Waals surface area contributed by atoms with E-state index in [1.54, 1.807) is 24.5 Å². The number of hydrogen-bond acceptors (Lipinski definition) is 6. The van der Waals surface area contributed by atoms with Gasteiger partial charge < -0.3 is 9.47 Å². The molecule has 190 valence electrons. The Kier molecular flexibility index (Phi) is 6.79. The number of rotatable bonds is 6. The third kappa shape index (κ3) is 5.12. The Morgan fingerprint density at radius 1 is 1.11 bits per heavy atom. The fourth-order valence-corrected chi connectivity index (χ4v) is 5.69. The first-order chi connectivity index (χ1) is 17.6. The second-order valence-electron chi connectivity index (χ2n) is 9.89. The zero-order valence-electron chi connectivity index (χ0n) is 21.4. The molecule has 1 atom stereocenters. The monoisotopic (exact) mass is 533 g/mol. The van der Waals surface area contributed by atoms with Gasteiger partial charge in [-0.3, -0.25) is 5.10 Å². The lowest BCUT2D eigenvalue weighted by atomic mass is 9.91. The number of ether oxygens (including phenoxy) is 2. The predicted molar refractivity (Wildman–Crippen MR) is 150 cm³/mol. The summed E-state index contributed by atoms with van der Waals surface area (Å²) in [5, 5.41) is 9.67. The minimum Gasteiger partial charge on any atom is -0.464 e. The first-order valence-electron chi connectivity index (χ1n) is 12.1. The fourth-order valence-electron chi connectivity index (χ4n) is 4.45. The van der Waals surface area contributed by atoms with Crippen molar-refractivity contribution >= 4 is 50.0 Å². The SMILES string of the molecule is CCOC(=O)[C@@H](OC(C)(C)C)c1c(C)cc2nc(-c3ccc4[nH]ncc4c3)sc2c1-c1ccc(Cl)cc1. The smallest absolute Gasteiger partial charge is 0.339 e. The summed E-state index contributed by atoms with van der Waals surface area (Å²) in [6.07, 6.45) is 0.907. The van der Waals surface area contributed by atoms with Gasteiger partial charge in [0.05, 0.1) is 34.1 Å². The molecule has 0 saturated heterocycles. The number of aromatic amines is 1. The third-order valence-electron chi connectivity index (χ3n) is 5.98. The quantitative estimate of drug-likeness (QED) is 0.224. The van der Waals surface area contributed by atoms with Gasteiger partial charge in [-0.25, -0.2) is 9.78 Å². The molecule has 0 aliphatic heterocycles. The fraction of sp³-hybridized carbons (Fsp3) is 0.276. The van der Waals surface area contributed by atoms with Crippen molar-refractivity contribution in [1.82, 2.24) is 15.2 Å². The highest BCUT2D eigenvalue weighted by Gasteiger charge is 2.33. The zero-order chi connectivity index (χ0) is 26.3. The van der Waals surface area contributed by atoms with Gasteiger partial charge in [-0.05, 0) is 82.1 Å². The van der Waals surface area contributed by atoms with Crippen LogP contribution in [-0.2, 0) is 14.3 Å². The summed E-state index contributed by atoms with van der Waals surface area (Å²) >= 11 is 7.82. The number of H-pyrrole nitrogens is 1. The molecule has 8 heteroatoms. The Hall–Kier alpha value is -3.26. The molecule has 0 spiro atoms. The Morgan fingerprint density at radius 3 is 2.54 bits per heavy atom. The predicted octanol–water partition coefficient (Wildman–Crippen LogP) is 7.89. The standard InChI is InChI=1S/C29H28ClN3O3S/c1-6-35-28(34)25(36-29(3,4)5)23-16(2)13-22-26(24(23)17-7-10-20(30)11-8-17)37-27(32-22)18-9-12-21-19(14-18)15-31-33-21/h7-15,25H,6H2,1-5H3,(H,31,33)/t25-/m0/s1. The Balaban J connectivity index is 1.78. The van der Waals surface area contributed by atoms with Crippen LogP contribution in [0.25, 0.3) is 42.8 Å². The van der Waals surface area contributed by atoms with Gasteiger partial charge in [0, 0.05) is 27.1 Å². The molecule has 0 radical (unpaired) electrons. The van der Waals surface area contributed by atoms with Gasteiger partial charge in [0.15, 0.2) is 6.10 Å². The van der Waals surface area contributed by atoms with Crippen LogP contribution in [0.3, 0.4) is 0 Å². The van der Waals surface area contributed by atoms with Crippen LogP contribution < -0.4 is 0 Å². The molecule has 0 amide bonds. The number of nitrogens with one attached hydrogen (secondary N) is 1. The van der Waals surface area contributed by atoms with Gasteiger partial charge >= 0.3 is 5.97 Å². The van der Waals surface area contributed by atoms with Gasteiger partial charge in [-0.1, -0.05) is 23.7 Å². The Bertz CT molecular complexity index is 1600. The van der Waals surface area contributed by atoms with Crippen molar-refractivity contribution in [2.24, 2.45) is 0 Å². The lowest BCUT2D eigenvalue weighted by molar-refractivity contribution is -0.166. The second-order valence-corrected chi connectivity index (χ2v) is 11.3. The summed E-state index contributed by atoms with van der Waals surface area (Å²) in [7, 11) is 0. The number of esters is 1. The summed E-state index contributed by atoms with van der Waals surface area (Å²) in [6.45, 7) is 9.86. The number of fused-ring (bicyclic) bond motifs is 2. The van der Waals surface area contributed by atoms with Crippen LogP contribution in [0, 0.1) is 6.92 Å². The lowest BCUT2D eigenvalue weighted by Gasteiger charge is -2.29. The first kappa shape index (κ1) is 25.4. The van der Waals surface area contributed by atoms with Gasteiger partial charge in [0.2, 0.25) is 0 Å². The molecule has 3 aromatic carbocycles. The van der Waals surface area contributed by atoms with Crippen molar-refractivity contribution in [2.75, 3.05) is 6.61 Å². The van der Waals surface area contributed by atoms with Crippen LogP contribution in [0.1, 0.15) is 44.9 Å². The molecular weight excluding hydrogens is 506 g/mol. The molecule has 37 heavy (non-hydrogen) atoms. The highest BCUT2D eigenvalue weighted by atomic mass is 35.5. The van der Waals surface area contributed by atoms with E-state index in [-0.39, 0.29) is 6.61 Å². The van der Waals surface area contributed by atoms with E-state index in [4.69, 9.17) is 26.1 Å². The van der Waals surface area contributed by atoms with E-state index >= 15 is 0 Å². The number of hydrogen-bond donors (Lipinski definition) is 1. The van der Waals surface area contributed by atoms with Crippen LogP contribution in [-0.4, -0.2) is 33.4 Å². The Labute approximate surface area is 224 Å². The van der Waals surface area contributed by atoms with Crippen LogP contribution in [0.5, 0.6) is 0 Å². The number of carbonyl (C=O) groups excluding carboxylic acids is 1. The third-order valence-corrected chi connectivity index (χ3v) is 7.37. The van der Waals surface area contributed by atoms with Crippen LogP contribution in [0.15, 0.2) is 54.7 Å². The molecule has 0 fully saturated rings. The van der Waals surface area contributed by atoms with Crippen molar-refractivity contribution < 1.29 is 14.3 Å². The van der Waals surface area contributed by atoms with E-state index in [0.29, 0.717) is 5.02 Å². The molecule has 0 saturated carbocycles. The summed E-state index contributed by atoms with van der Waals surface area (Å²) < 4.78 is 12.8. The average molecular weight is 534 g/mol. The normalized spacial score (nSPS) is 12.8. The first-order valence-corrected chi connectivity index (χ1v) is 13.3. The molecular formula is C29H28ClN3O3S. The maximum absolute atomic E-state index is 13.3. The van der Waals surface area contributed by atoms with E-state index in [0.717, 1.165) is 53.9 Å². The second kappa shape index (κ2) is 9.89. The van der Waals surface area contributed by atoms with E-state index in [2.05, 4.69) is 16.3 Å². The topological polar surface area (TPSA) is 77.1 Å². The van der Waals surface area contributed by atoms with Crippen LogP contribution in [0.4, 0.5) is 0 Å². The highest BCUT2D eigenvalue weighted by molar-refractivity contribution is 7.22. The number of aromatic nitrogens is 3. The number of aryl methyl sites for hydroxylation is 1. The molecule has 5 aromatic rings. The molecule has 2 heterocycles. The van der Waals surface area contributed by atoms with Crippen LogP contribution in [0.2, 0.25) is 5.02 Å². The van der Waals surface area contributed by atoms with Crippen molar-refractivity contribution in [3.63, 3.8) is 0 Å². The Morgan fingerprint density at radius 2 is 1.84 bits per heavy atom. The zero-order valence-corrected chi connectivity index (χ0v) is 23.0. The number of halogens is 1. The molecule has 1 N–H and O–H groups in total. The summed E-state index contributed by atoms with van der Waals surface area (Å²) in [5.74, 6) is -0.412. The van der Waals surface area contributed by atoms with Gasteiger partial charge in [-0.15, -0.1) is 11.3 Å². The average Bonchev–Trinajstić information content (AvgIpc) is 3.48. The number of thiazole rings is 1. The number of carbonyl (C=O) groups is 1. The van der Waals surface area contributed by atoms with E-state index in [9.17, 15) is 4.79 Å². The van der Waals surface area contributed by atoms with Crippen LogP contribution >= 0.6 is 22.9 Å². The summed E-state index contributed by atoms with van der Waals surface area (Å²) in [6, 6.07) is 15.8. The van der Waals surface area contributed by atoms with E-state index in [1.165, 1.54) is 0 Å².